The first-order valence-electron chi connectivity index (χ1n) is 6.33. The maximum atomic E-state index is 5.57. The van der Waals surface area contributed by atoms with Gasteiger partial charge in [-0.2, -0.15) is 0 Å². The van der Waals surface area contributed by atoms with Crippen molar-refractivity contribution >= 4 is 0 Å². The zero-order chi connectivity index (χ0) is 11.6. The lowest BCUT2D eigenvalue weighted by atomic mass is 10.2. The molecule has 2 nitrogen and oxygen atoms in total. The fraction of sp³-hybridized carbons (Fsp3) is 0.571. The van der Waals surface area contributed by atoms with Gasteiger partial charge >= 0.3 is 0 Å². The SMILES string of the molecule is CCCCN(CCCN)Cc1ccccc1. The maximum absolute atomic E-state index is 5.57. The highest BCUT2D eigenvalue weighted by Crippen LogP contribution is 2.06. The van der Waals surface area contributed by atoms with E-state index in [0.717, 1.165) is 26.1 Å². The number of hydrogen-bond donors (Lipinski definition) is 1. The van der Waals surface area contributed by atoms with Crippen LogP contribution in [0.2, 0.25) is 0 Å². The van der Waals surface area contributed by atoms with Crippen LogP contribution in [0.3, 0.4) is 0 Å². The molecule has 0 amide bonds. The van der Waals surface area contributed by atoms with Gasteiger partial charge in [-0.3, -0.25) is 4.90 Å². The van der Waals surface area contributed by atoms with Crippen molar-refractivity contribution in [2.45, 2.75) is 32.7 Å². The Kier molecular flexibility index (Phi) is 6.86. The van der Waals surface area contributed by atoms with Crippen LogP contribution < -0.4 is 5.73 Å². The van der Waals surface area contributed by atoms with Crippen LogP contribution in [-0.4, -0.2) is 24.5 Å². The molecule has 16 heavy (non-hydrogen) atoms. The van der Waals surface area contributed by atoms with Crippen LogP contribution in [0.15, 0.2) is 30.3 Å². The molecular weight excluding hydrogens is 196 g/mol. The fourth-order valence-electron chi connectivity index (χ4n) is 1.81. The summed E-state index contributed by atoms with van der Waals surface area (Å²) >= 11 is 0. The van der Waals surface area contributed by atoms with Gasteiger partial charge in [0.1, 0.15) is 0 Å². The normalized spacial score (nSPS) is 10.9. The van der Waals surface area contributed by atoms with Gasteiger partial charge in [0.15, 0.2) is 0 Å². The number of nitrogens with two attached hydrogens (primary N) is 1. The van der Waals surface area contributed by atoms with E-state index in [-0.39, 0.29) is 0 Å². The smallest absolute Gasteiger partial charge is 0.0233 e. The van der Waals surface area contributed by atoms with Gasteiger partial charge in [0.05, 0.1) is 0 Å². The Bertz CT molecular complexity index is 251. The molecule has 0 spiro atoms. The van der Waals surface area contributed by atoms with Crippen molar-refractivity contribution in [2.24, 2.45) is 5.73 Å². The molecule has 90 valence electrons. The second-order valence-electron chi connectivity index (χ2n) is 4.26. The molecule has 1 rings (SSSR count). The number of hydrogen-bond acceptors (Lipinski definition) is 2. The molecule has 0 heterocycles. The molecule has 0 bridgehead atoms. The molecule has 0 radical (unpaired) electrons. The van der Waals surface area contributed by atoms with Crippen molar-refractivity contribution in [1.29, 1.82) is 0 Å². The monoisotopic (exact) mass is 220 g/mol. The first-order valence-corrected chi connectivity index (χ1v) is 6.33. The lowest BCUT2D eigenvalue weighted by molar-refractivity contribution is 0.259. The molecule has 2 N–H and O–H groups in total. The summed E-state index contributed by atoms with van der Waals surface area (Å²) < 4.78 is 0. The van der Waals surface area contributed by atoms with Crippen molar-refractivity contribution in [2.75, 3.05) is 19.6 Å². The molecular formula is C14H24N2. The highest BCUT2D eigenvalue weighted by atomic mass is 15.1. The highest BCUT2D eigenvalue weighted by Gasteiger charge is 2.04. The third-order valence-electron chi connectivity index (χ3n) is 2.76. The van der Waals surface area contributed by atoms with Crippen LogP contribution in [0.25, 0.3) is 0 Å². The van der Waals surface area contributed by atoms with E-state index in [4.69, 9.17) is 5.73 Å². The van der Waals surface area contributed by atoms with E-state index < -0.39 is 0 Å². The Hall–Kier alpha value is -0.860. The minimum atomic E-state index is 0.789. The Morgan fingerprint density at radius 1 is 1.06 bits per heavy atom. The number of unbranched alkanes of at least 4 members (excludes halogenated alkanes) is 1. The van der Waals surface area contributed by atoms with Gasteiger partial charge in [-0.05, 0) is 38.0 Å². The van der Waals surface area contributed by atoms with Crippen LogP contribution in [0.4, 0.5) is 0 Å². The molecule has 0 aliphatic carbocycles. The minimum absolute atomic E-state index is 0.789. The maximum Gasteiger partial charge on any atom is 0.0233 e. The predicted octanol–water partition coefficient (Wildman–Crippen LogP) is 2.64. The van der Waals surface area contributed by atoms with Crippen molar-refractivity contribution in [1.82, 2.24) is 4.90 Å². The van der Waals surface area contributed by atoms with E-state index in [1.54, 1.807) is 0 Å². The lowest BCUT2D eigenvalue weighted by Crippen LogP contribution is -2.27. The molecule has 0 aliphatic rings. The Morgan fingerprint density at radius 3 is 2.38 bits per heavy atom. The fourth-order valence-corrected chi connectivity index (χ4v) is 1.81. The van der Waals surface area contributed by atoms with Gasteiger partial charge < -0.3 is 5.73 Å². The van der Waals surface area contributed by atoms with Gasteiger partial charge in [-0.1, -0.05) is 43.7 Å². The first kappa shape index (κ1) is 13.2. The van der Waals surface area contributed by atoms with Crippen molar-refractivity contribution in [3.63, 3.8) is 0 Å². The summed E-state index contributed by atoms with van der Waals surface area (Å²) in [5, 5.41) is 0. The van der Waals surface area contributed by atoms with Crippen molar-refractivity contribution < 1.29 is 0 Å². The summed E-state index contributed by atoms with van der Waals surface area (Å²) in [6.07, 6.45) is 3.63. The Balaban J connectivity index is 2.42. The van der Waals surface area contributed by atoms with Crippen molar-refractivity contribution in [3.8, 4) is 0 Å². The molecule has 0 aliphatic heterocycles. The summed E-state index contributed by atoms with van der Waals surface area (Å²) in [5.74, 6) is 0. The second kappa shape index (κ2) is 8.31. The van der Waals surface area contributed by atoms with Crippen molar-refractivity contribution in [3.05, 3.63) is 35.9 Å². The van der Waals surface area contributed by atoms with Crippen LogP contribution >= 0.6 is 0 Å². The van der Waals surface area contributed by atoms with Gasteiger partial charge in [-0.15, -0.1) is 0 Å². The number of benzene rings is 1. The standard InChI is InChI=1S/C14H24N2/c1-2-3-11-16(12-7-10-15)13-14-8-5-4-6-9-14/h4-6,8-9H,2-3,7,10-13,15H2,1H3. The van der Waals surface area contributed by atoms with Crippen LogP contribution in [0, 0.1) is 0 Å². The molecule has 2 heteroatoms. The van der Waals surface area contributed by atoms with Gasteiger partial charge in [0.25, 0.3) is 0 Å². The molecule has 0 saturated carbocycles. The summed E-state index contributed by atoms with van der Waals surface area (Å²) in [4.78, 5) is 2.51. The van der Waals surface area contributed by atoms with E-state index in [9.17, 15) is 0 Å². The van der Waals surface area contributed by atoms with Crippen LogP contribution in [0.5, 0.6) is 0 Å². The number of rotatable bonds is 8. The minimum Gasteiger partial charge on any atom is -0.330 e. The van der Waals surface area contributed by atoms with E-state index in [0.29, 0.717) is 0 Å². The van der Waals surface area contributed by atoms with Crippen LogP contribution in [-0.2, 0) is 6.54 Å². The largest absolute Gasteiger partial charge is 0.330 e. The molecule has 0 saturated heterocycles. The second-order valence-corrected chi connectivity index (χ2v) is 4.26. The zero-order valence-corrected chi connectivity index (χ0v) is 10.4. The summed E-state index contributed by atoms with van der Waals surface area (Å²) in [5.41, 5.74) is 6.97. The Labute approximate surface area is 99.5 Å². The molecule has 0 fully saturated rings. The third-order valence-corrected chi connectivity index (χ3v) is 2.76. The van der Waals surface area contributed by atoms with Gasteiger partial charge in [0, 0.05) is 6.54 Å². The topological polar surface area (TPSA) is 29.3 Å². The molecule has 1 aromatic carbocycles. The summed E-state index contributed by atoms with van der Waals surface area (Å²) in [6, 6.07) is 10.7. The van der Waals surface area contributed by atoms with Crippen LogP contribution in [0.1, 0.15) is 31.7 Å². The summed E-state index contributed by atoms with van der Waals surface area (Å²) in [6.45, 7) is 6.39. The van der Waals surface area contributed by atoms with Gasteiger partial charge in [0.2, 0.25) is 0 Å². The highest BCUT2D eigenvalue weighted by molar-refractivity contribution is 5.14. The van der Waals surface area contributed by atoms with E-state index in [1.807, 2.05) is 0 Å². The molecule has 0 unspecified atom stereocenters. The van der Waals surface area contributed by atoms with E-state index in [2.05, 4.69) is 42.2 Å². The number of nitrogens with zero attached hydrogens (tertiary/aromatic N) is 1. The third kappa shape index (κ3) is 5.29. The Morgan fingerprint density at radius 2 is 1.75 bits per heavy atom. The van der Waals surface area contributed by atoms with E-state index >= 15 is 0 Å². The molecule has 0 atom stereocenters. The molecule has 0 aromatic heterocycles. The molecule has 1 aromatic rings. The lowest BCUT2D eigenvalue weighted by Gasteiger charge is -2.21. The average molecular weight is 220 g/mol. The summed E-state index contributed by atoms with van der Waals surface area (Å²) in [7, 11) is 0. The average Bonchev–Trinajstić information content (AvgIpc) is 2.34. The predicted molar refractivity (Wildman–Crippen MR) is 70.3 cm³/mol. The quantitative estimate of drug-likeness (QED) is 0.729. The first-order chi connectivity index (χ1) is 7.86. The van der Waals surface area contributed by atoms with Gasteiger partial charge in [-0.25, -0.2) is 0 Å². The van der Waals surface area contributed by atoms with E-state index in [1.165, 1.54) is 24.9 Å². The zero-order valence-electron chi connectivity index (χ0n) is 10.4.